The number of benzene rings is 1. The van der Waals surface area contributed by atoms with E-state index < -0.39 is 38.0 Å². The lowest BCUT2D eigenvalue weighted by atomic mass is 10.1. The van der Waals surface area contributed by atoms with Gasteiger partial charge in [-0.15, -0.1) is 0 Å². The summed E-state index contributed by atoms with van der Waals surface area (Å²) in [6.45, 7) is 3.09. The van der Waals surface area contributed by atoms with Gasteiger partial charge in [-0.05, 0) is 26.0 Å². The third-order valence-corrected chi connectivity index (χ3v) is 4.42. The van der Waals surface area contributed by atoms with Crippen molar-refractivity contribution >= 4 is 15.8 Å². The van der Waals surface area contributed by atoms with Gasteiger partial charge in [0.15, 0.2) is 9.84 Å². The van der Waals surface area contributed by atoms with Crippen molar-refractivity contribution in [3.8, 4) is 5.69 Å². The van der Waals surface area contributed by atoms with Crippen molar-refractivity contribution in [2.24, 2.45) is 0 Å². The molecule has 10 heteroatoms. The number of rotatable bonds is 3. The molecule has 1 N–H and O–H groups in total. The van der Waals surface area contributed by atoms with Crippen LogP contribution in [-0.2, 0) is 16.0 Å². The molecule has 0 bridgehead atoms. The Bertz CT molecular complexity index is 930. The van der Waals surface area contributed by atoms with E-state index in [9.17, 15) is 26.4 Å². The van der Waals surface area contributed by atoms with Crippen molar-refractivity contribution in [2.45, 2.75) is 24.9 Å². The number of carbonyl (C=O) groups is 1. The van der Waals surface area contributed by atoms with E-state index in [0.717, 1.165) is 6.26 Å². The van der Waals surface area contributed by atoms with Crippen LogP contribution in [0.4, 0.5) is 13.2 Å². The third-order valence-electron chi connectivity index (χ3n) is 3.30. The summed E-state index contributed by atoms with van der Waals surface area (Å²) in [7, 11) is -3.99. The average molecular weight is 362 g/mol. The number of imidazole rings is 1. The Kier molecular flexibility index (Phi) is 4.21. The maximum Gasteiger partial charge on any atom is 0.417 e. The predicted octanol–water partition coefficient (Wildman–Crippen LogP) is 2.61. The molecule has 0 saturated heterocycles. The molecule has 24 heavy (non-hydrogen) atoms. The number of halogens is 3. The standard InChI is InChI=1S/C14H13F3N2O4S/c1-7-6-19(8(2)18-7)11-5-10(14(15,16)17)9(13(20)21)4-12(11)24(3,22)23/h4-6H,1-3H3,(H,20,21). The number of hydrogen-bond acceptors (Lipinski definition) is 4. The topological polar surface area (TPSA) is 89.3 Å². The van der Waals surface area contributed by atoms with Crippen LogP contribution in [0.3, 0.4) is 0 Å². The molecule has 0 amide bonds. The van der Waals surface area contributed by atoms with Crippen molar-refractivity contribution < 1.29 is 31.5 Å². The number of sulfone groups is 1. The van der Waals surface area contributed by atoms with Gasteiger partial charge >= 0.3 is 12.1 Å². The first-order valence-electron chi connectivity index (χ1n) is 6.54. The number of alkyl halides is 3. The molecule has 1 heterocycles. The molecule has 0 aliphatic rings. The number of nitrogens with zero attached hydrogens (tertiary/aromatic N) is 2. The Morgan fingerprint density at radius 2 is 1.83 bits per heavy atom. The van der Waals surface area contributed by atoms with Crippen LogP contribution in [0.15, 0.2) is 23.2 Å². The third kappa shape index (κ3) is 3.28. The first-order chi connectivity index (χ1) is 10.8. The molecule has 0 radical (unpaired) electrons. The Morgan fingerprint density at radius 1 is 1.25 bits per heavy atom. The summed E-state index contributed by atoms with van der Waals surface area (Å²) in [5.74, 6) is -1.59. The summed E-state index contributed by atoms with van der Waals surface area (Å²) in [5, 5.41) is 9.03. The van der Waals surface area contributed by atoms with Crippen molar-refractivity contribution in [1.29, 1.82) is 0 Å². The average Bonchev–Trinajstić information content (AvgIpc) is 2.74. The second-order valence-electron chi connectivity index (χ2n) is 5.24. The van der Waals surface area contributed by atoms with E-state index >= 15 is 0 Å². The first-order valence-corrected chi connectivity index (χ1v) is 8.43. The lowest BCUT2D eigenvalue weighted by Crippen LogP contribution is -2.17. The van der Waals surface area contributed by atoms with Gasteiger partial charge in [0, 0.05) is 12.5 Å². The van der Waals surface area contributed by atoms with Crippen molar-refractivity contribution in [1.82, 2.24) is 9.55 Å². The van der Waals surface area contributed by atoms with E-state index in [4.69, 9.17) is 5.11 Å². The van der Waals surface area contributed by atoms with Gasteiger partial charge in [-0.25, -0.2) is 18.2 Å². The molecule has 0 spiro atoms. The van der Waals surface area contributed by atoms with Crippen LogP contribution in [0.25, 0.3) is 5.69 Å². The monoisotopic (exact) mass is 362 g/mol. The summed E-state index contributed by atoms with van der Waals surface area (Å²) in [5.41, 5.74) is -2.37. The highest BCUT2D eigenvalue weighted by atomic mass is 32.2. The fourth-order valence-electron chi connectivity index (χ4n) is 2.33. The minimum atomic E-state index is -4.96. The van der Waals surface area contributed by atoms with Crippen molar-refractivity contribution in [2.75, 3.05) is 6.26 Å². The molecule has 0 atom stereocenters. The zero-order chi connectivity index (χ0) is 18.4. The number of aromatic carboxylic acids is 1. The van der Waals surface area contributed by atoms with Gasteiger partial charge in [0.2, 0.25) is 0 Å². The maximum absolute atomic E-state index is 13.2. The van der Waals surface area contributed by atoms with Gasteiger partial charge in [-0.1, -0.05) is 0 Å². The number of hydrogen-bond donors (Lipinski definition) is 1. The lowest BCUT2D eigenvalue weighted by Gasteiger charge is -2.17. The van der Waals surface area contributed by atoms with Crippen molar-refractivity contribution in [3.63, 3.8) is 0 Å². The Morgan fingerprint density at radius 3 is 2.21 bits per heavy atom. The number of aromatic nitrogens is 2. The number of carboxylic acid groups (broad SMARTS) is 1. The summed E-state index contributed by atoms with van der Waals surface area (Å²) >= 11 is 0. The Labute approximate surface area is 135 Å². The van der Waals surface area contributed by atoms with Gasteiger partial charge in [0.1, 0.15) is 5.82 Å². The van der Waals surface area contributed by atoms with Gasteiger partial charge in [-0.3, -0.25) is 0 Å². The molecular formula is C14H13F3N2O4S. The molecule has 0 saturated carbocycles. The van der Waals surface area contributed by atoms with Crippen LogP contribution < -0.4 is 0 Å². The molecule has 1 aromatic heterocycles. The largest absolute Gasteiger partial charge is 0.478 e. The minimum absolute atomic E-state index is 0.272. The predicted molar refractivity (Wildman–Crippen MR) is 78.1 cm³/mol. The van der Waals surface area contributed by atoms with Crippen LogP contribution in [0.5, 0.6) is 0 Å². The van der Waals surface area contributed by atoms with Gasteiger partial charge in [0.05, 0.1) is 27.4 Å². The molecule has 0 unspecified atom stereocenters. The van der Waals surface area contributed by atoms with Crippen LogP contribution in [-0.4, -0.2) is 35.3 Å². The van der Waals surface area contributed by atoms with E-state index in [1.165, 1.54) is 17.7 Å². The van der Waals surface area contributed by atoms with Crippen LogP contribution >= 0.6 is 0 Å². The Balaban J connectivity index is 2.97. The van der Waals surface area contributed by atoms with Gasteiger partial charge in [0.25, 0.3) is 0 Å². The molecule has 0 aliphatic heterocycles. The highest BCUT2D eigenvalue weighted by Crippen LogP contribution is 2.36. The number of aryl methyl sites for hydroxylation is 2. The van der Waals surface area contributed by atoms with E-state index in [0.29, 0.717) is 17.8 Å². The zero-order valence-electron chi connectivity index (χ0n) is 12.8. The normalized spacial score (nSPS) is 12.4. The first kappa shape index (κ1) is 18.0. The van der Waals surface area contributed by atoms with E-state index in [1.807, 2.05) is 0 Å². The molecule has 1 aromatic carbocycles. The zero-order valence-corrected chi connectivity index (χ0v) is 13.7. The van der Waals surface area contributed by atoms with Crippen LogP contribution in [0.2, 0.25) is 0 Å². The fourth-order valence-corrected chi connectivity index (χ4v) is 3.20. The molecule has 130 valence electrons. The second kappa shape index (κ2) is 5.62. The smallest absolute Gasteiger partial charge is 0.417 e. The summed E-state index contributed by atoms with van der Waals surface area (Å²) < 4.78 is 64.7. The quantitative estimate of drug-likeness (QED) is 0.907. The molecule has 0 fully saturated rings. The SMILES string of the molecule is Cc1cn(-c2cc(C(F)(F)F)c(C(=O)O)cc2S(C)(=O)=O)c(C)n1. The van der Waals surface area contributed by atoms with E-state index in [2.05, 4.69) is 4.98 Å². The summed E-state index contributed by atoms with van der Waals surface area (Å²) in [6, 6.07) is 1.05. The number of carboxylic acids is 1. The van der Waals surface area contributed by atoms with Crippen molar-refractivity contribution in [3.05, 3.63) is 41.0 Å². The second-order valence-corrected chi connectivity index (χ2v) is 7.22. The molecule has 0 aliphatic carbocycles. The highest BCUT2D eigenvalue weighted by Gasteiger charge is 2.37. The minimum Gasteiger partial charge on any atom is -0.478 e. The molecule has 6 nitrogen and oxygen atoms in total. The molecular weight excluding hydrogens is 349 g/mol. The highest BCUT2D eigenvalue weighted by molar-refractivity contribution is 7.90. The summed E-state index contributed by atoms with van der Waals surface area (Å²) in [6.07, 6.45) is -2.79. The van der Waals surface area contributed by atoms with E-state index in [1.54, 1.807) is 6.92 Å². The van der Waals surface area contributed by atoms with E-state index in [-0.39, 0.29) is 11.5 Å². The van der Waals surface area contributed by atoms with Gasteiger partial charge < -0.3 is 9.67 Å². The van der Waals surface area contributed by atoms with Crippen LogP contribution in [0.1, 0.15) is 27.4 Å². The van der Waals surface area contributed by atoms with Gasteiger partial charge in [-0.2, -0.15) is 13.2 Å². The lowest BCUT2D eigenvalue weighted by molar-refractivity contribution is -0.138. The molecule has 2 aromatic rings. The van der Waals surface area contributed by atoms with Crippen LogP contribution in [0, 0.1) is 13.8 Å². The Hall–Kier alpha value is -2.36. The molecule has 2 rings (SSSR count). The fraction of sp³-hybridized carbons (Fsp3) is 0.286. The summed E-state index contributed by atoms with van der Waals surface area (Å²) in [4.78, 5) is 14.7. The maximum atomic E-state index is 13.2.